The zero-order chi connectivity index (χ0) is 31.2. The number of aromatic nitrogens is 2. The van der Waals surface area contributed by atoms with Gasteiger partial charge in [0, 0.05) is 16.3 Å². The Morgan fingerprint density at radius 3 is 2.48 bits per heavy atom. The molecule has 0 bridgehead atoms. The van der Waals surface area contributed by atoms with Gasteiger partial charge in [0.05, 0.1) is 24.8 Å². The Bertz CT molecular complexity index is 1660. The lowest BCUT2D eigenvalue weighted by Crippen LogP contribution is -2.29. The molecule has 44 heavy (non-hydrogen) atoms. The molecule has 1 aliphatic heterocycles. The molecule has 5 rings (SSSR count). The van der Waals surface area contributed by atoms with Crippen molar-refractivity contribution in [1.82, 2.24) is 10.2 Å². The lowest BCUT2D eigenvalue weighted by Gasteiger charge is -2.23. The Morgan fingerprint density at radius 1 is 1.02 bits per heavy atom. The third kappa shape index (κ3) is 7.09. The maximum atomic E-state index is 13.6. The first-order chi connectivity index (χ1) is 21.3. The van der Waals surface area contributed by atoms with E-state index in [0.717, 1.165) is 12.0 Å². The number of Topliss-reactive ketones (excluding diaryl/α,β-unsaturated/α-hetero) is 1. The van der Waals surface area contributed by atoms with Gasteiger partial charge < -0.3 is 14.6 Å². The molecule has 8 nitrogen and oxygen atoms in total. The monoisotopic (exact) mass is 649 g/mol. The number of amides is 1. The fourth-order valence-electron chi connectivity index (χ4n) is 4.67. The highest BCUT2D eigenvalue weighted by atomic mass is 35.5. The molecule has 1 amide bonds. The Hall–Kier alpha value is -3.86. The Labute approximate surface area is 269 Å². The molecule has 1 saturated heterocycles. The second-order valence-electron chi connectivity index (χ2n) is 10.5. The first-order valence-corrected chi connectivity index (χ1v) is 16.4. The van der Waals surface area contributed by atoms with Gasteiger partial charge in [-0.3, -0.25) is 14.5 Å². The second-order valence-corrected chi connectivity index (χ2v) is 13.1. The standard InChI is InChI=1S/C33H32ClN3O5S2/c1-4-41-26-18-23(12-15-25(26)42-17-16-20(2)3)28-27(29(38)22-8-6-5-7-9-22)30(39)31(40)37(28)32-35-36-33(44-32)43-19-21-10-13-24(34)14-11-21/h5-15,18,20,28,38H,4,16-17,19H2,1-3H3. The van der Waals surface area contributed by atoms with E-state index in [1.165, 1.54) is 28.0 Å². The highest BCUT2D eigenvalue weighted by Gasteiger charge is 2.48. The molecule has 2 heterocycles. The predicted molar refractivity (Wildman–Crippen MR) is 175 cm³/mol. The topological polar surface area (TPSA) is 102 Å². The third-order valence-electron chi connectivity index (χ3n) is 6.91. The maximum Gasteiger partial charge on any atom is 0.301 e. The van der Waals surface area contributed by atoms with Gasteiger partial charge in [-0.25, -0.2) is 0 Å². The van der Waals surface area contributed by atoms with Crippen LogP contribution in [0.4, 0.5) is 5.13 Å². The summed E-state index contributed by atoms with van der Waals surface area (Å²) in [5, 5.41) is 20.9. The molecule has 0 aliphatic carbocycles. The van der Waals surface area contributed by atoms with Gasteiger partial charge in [-0.1, -0.05) is 97.1 Å². The summed E-state index contributed by atoms with van der Waals surface area (Å²) >= 11 is 8.68. The van der Waals surface area contributed by atoms with Gasteiger partial charge in [0.1, 0.15) is 5.76 Å². The molecule has 1 aliphatic rings. The lowest BCUT2D eigenvalue weighted by molar-refractivity contribution is -0.132. The van der Waals surface area contributed by atoms with Crippen LogP contribution in [0.25, 0.3) is 5.76 Å². The molecule has 4 aromatic rings. The van der Waals surface area contributed by atoms with E-state index in [4.69, 9.17) is 21.1 Å². The number of aliphatic hydroxyl groups excluding tert-OH is 1. The summed E-state index contributed by atoms with van der Waals surface area (Å²) in [5.74, 6) is 0.268. The third-order valence-corrected chi connectivity index (χ3v) is 9.28. The van der Waals surface area contributed by atoms with Crippen LogP contribution in [-0.2, 0) is 15.3 Å². The first-order valence-electron chi connectivity index (χ1n) is 14.2. The van der Waals surface area contributed by atoms with Gasteiger partial charge >= 0.3 is 5.91 Å². The van der Waals surface area contributed by atoms with E-state index in [9.17, 15) is 14.7 Å². The van der Waals surface area contributed by atoms with Gasteiger partial charge in [0.15, 0.2) is 15.8 Å². The molecule has 1 aromatic heterocycles. The second kappa shape index (κ2) is 14.3. The van der Waals surface area contributed by atoms with Crippen molar-refractivity contribution in [3.8, 4) is 11.5 Å². The highest BCUT2D eigenvalue weighted by molar-refractivity contribution is 8.00. The number of halogens is 1. The molecule has 11 heteroatoms. The van der Waals surface area contributed by atoms with Gasteiger partial charge in [-0.2, -0.15) is 0 Å². The maximum absolute atomic E-state index is 13.6. The summed E-state index contributed by atoms with van der Waals surface area (Å²) < 4.78 is 12.6. The summed E-state index contributed by atoms with van der Waals surface area (Å²) in [7, 11) is 0. The zero-order valence-electron chi connectivity index (χ0n) is 24.5. The van der Waals surface area contributed by atoms with E-state index in [2.05, 4.69) is 24.0 Å². The van der Waals surface area contributed by atoms with E-state index in [0.29, 0.717) is 56.9 Å². The minimum absolute atomic E-state index is 0.0392. The van der Waals surface area contributed by atoms with Crippen LogP contribution in [0.1, 0.15) is 49.9 Å². The highest BCUT2D eigenvalue weighted by Crippen LogP contribution is 2.45. The molecule has 3 aromatic carbocycles. The van der Waals surface area contributed by atoms with Gasteiger partial charge in [0.2, 0.25) is 5.13 Å². The van der Waals surface area contributed by atoms with Crippen molar-refractivity contribution in [3.63, 3.8) is 0 Å². The van der Waals surface area contributed by atoms with Crippen molar-refractivity contribution in [2.45, 2.75) is 43.3 Å². The van der Waals surface area contributed by atoms with E-state index >= 15 is 0 Å². The van der Waals surface area contributed by atoms with E-state index in [1.54, 1.807) is 42.5 Å². The molecule has 1 N–H and O–H groups in total. The molecule has 228 valence electrons. The van der Waals surface area contributed by atoms with Crippen LogP contribution in [0.15, 0.2) is 82.7 Å². The Morgan fingerprint density at radius 2 is 1.77 bits per heavy atom. The lowest BCUT2D eigenvalue weighted by atomic mass is 9.95. The summed E-state index contributed by atoms with van der Waals surface area (Å²) in [5.41, 5.74) is 2.00. The van der Waals surface area contributed by atoms with Gasteiger partial charge in [-0.05, 0) is 54.7 Å². The number of thioether (sulfide) groups is 1. The Balaban J connectivity index is 1.54. The normalized spacial score (nSPS) is 16.1. The van der Waals surface area contributed by atoms with Crippen molar-refractivity contribution in [2.75, 3.05) is 18.1 Å². The molecule has 0 saturated carbocycles. The fraction of sp³-hybridized carbons (Fsp3) is 0.273. The van der Waals surface area contributed by atoms with Crippen LogP contribution in [-0.4, -0.2) is 40.2 Å². The average molecular weight is 650 g/mol. The first kappa shape index (κ1) is 31.6. The zero-order valence-corrected chi connectivity index (χ0v) is 26.9. The molecule has 0 radical (unpaired) electrons. The van der Waals surface area contributed by atoms with Crippen molar-refractivity contribution in [2.24, 2.45) is 5.92 Å². The minimum Gasteiger partial charge on any atom is -0.507 e. The molecule has 1 fully saturated rings. The van der Waals surface area contributed by atoms with Gasteiger partial charge in [-0.15, -0.1) is 10.2 Å². The quantitative estimate of drug-likeness (QED) is 0.0543. The number of ether oxygens (including phenoxy) is 2. The van der Waals surface area contributed by atoms with Crippen molar-refractivity contribution in [3.05, 3.63) is 100 Å². The Kier molecular flexibility index (Phi) is 10.2. The van der Waals surface area contributed by atoms with Crippen molar-refractivity contribution >= 4 is 57.3 Å². The molecule has 1 unspecified atom stereocenters. The number of hydrogen-bond acceptors (Lipinski definition) is 9. The number of nitrogens with zero attached hydrogens (tertiary/aromatic N) is 3. The van der Waals surface area contributed by atoms with Crippen LogP contribution in [0.3, 0.4) is 0 Å². The smallest absolute Gasteiger partial charge is 0.301 e. The number of anilines is 1. The van der Waals surface area contributed by atoms with Crippen molar-refractivity contribution in [1.29, 1.82) is 0 Å². The summed E-state index contributed by atoms with van der Waals surface area (Å²) in [4.78, 5) is 28.5. The van der Waals surface area contributed by atoms with E-state index in [1.807, 2.05) is 37.3 Å². The van der Waals surface area contributed by atoms with Crippen LogP contribution >= 0.6 is 34.7 Å². The number of carbonyl (C=O) groups excluding carboxylic acids is 2. The number of ketones is 1. The fourth-order valence-corrected chi connectivity index (χ4v) is 6.62. The SMILES string of the molecule is CCOc1cc(C2C(=C(O)c3ccccc3)C(=O)C(=O)N2c2nnc(SCc3ccc(Cl)cc3)s2)ccc1OCCC(C)C. The van der Waals surface area contributed by atoms with E-state index < -0.39 is 17.7 Å². The molecular weight excluding hydrogens is 618 g/mol. The summed E-state index contributed by atoms with van der Waals surface area (Å²) in [6.45, 7) is 7.03. The van der Waals surface area contributed by atoms with Crippen molar-refractivity contribution < 1.29 is 24.2 Å². The molecular formula is C33H32ClN3O5S2. The predicted octanol–water partition coefficient (Wildman–Crippen LogP) is 7.93. The summed E-state index contributed by atoms with van der Waals surface area (Å²) in [6.07, 6.45) is 0.875. The largest absolute Gasteiger partial charge is 0.507 e. The van der Waals surface area contributed by atoms with Crippen LogP contribution < -0.4 is 14.4 Å². The molecule has 0 spiro atoms. The van der Waals surface area contributed by atoms with Gasteiger partial charge in [0.25, 0.3) is 5.78 Å². The number of benzene rings is 3. The molecule has 1 atom stereocenters. The average Bonchev–Trinajstić information content (AvgIpc) is 3.59. The number of hydrogen-bond donors (Lipinski definition) is 1. The van der Waals surface area contributed by atoms with Crippen LogP contribution in [0.2, 0.25) is 5.02 Å². The van der Waals surface area contributed by atoms with Crippen LogP contribution in [0.5, 0.6) is 11.5 Å². The minimum atomic E-state index is -0.971. The van der Waals surface area contributed by atoms with Crippen LogP contribution in [0, 0.1) is 5.92 Å². The number of carbonyl (C=O) groups is 2. The number of aliphatic hydroxyl groups is 1. The number of rotatable bonds is 12. The van der Waals surface area contributed by atoms with E-state index in [-0.39, 0.29) is 16.5 Å². The summed E-state index contributed by atoms with van der Waals surface area (Å²) in [6, 6.07) is 20.6.